The van der Waals surface area contributed by atoms with Crippen molar-refractivity contribution in [2.75, 3.05) is 0 Å². The number of halogens is 4. The van der Waals surface area contributed by atoms with Gasteiger partial charge in [0.2, 0.25) is 5.82 Å². The monoisotopic (exact) mass is 495 g/mol. The van der Waals surface area contributed by atoms with Gasteiger partial charge in [-0.1, -0.05) is 12.1 Å². The zero-order valence-electron chi connectivity index (χ0n) is 17.6. The second kappa shape index (κ2) is 8.97. The molecule has 178 valence electrons. The summed E-state index contributed by atoms with van der Waals surface area (Å²) < 4.78 is 86.7. The fourth-order valence-electron chi connectivity index (χ4n) is 3.29. The van der Waals surface area contributed by atoms with E-state index in [2.05, 4.69) is 20.2 Å². The van der Waals surface area contributed by atoms with Gasteiger partial charge in [-0.25, -0.2) is 22.8 Å². The number of benzene rings is 1. The van der Waals surface area contributed by atoms with Gasteiger partial charge in [-0.3, -0.25) is 4.57 Å². The Labute approximate surface area is 191 Å². The fourth-order valence-corrected chi connectivity index (χ4v) is 4.52. The van der Waals surface area contributed by atoms with Crippen LogP contribution in [0.15, 0.2) is 59.5 Å². The molecule has 1 aromatic carbocycles. The summed E-state index contributed by atoms with van der Waals surface area (Å²) >= 11 is 0. The molecule has 0 aliphatic carbocycles. The molecule has 1 atom stereocenters. The number of para-hydroxylation sites is 1. The highest BCUT2D eigenvalue weighted by atomic mass is 32.2. The van der Waals surface area contributed by atoms with Crippen LogP contribution in [0, 0.1) is 5.82 Å². The second-order valence-corrected chi connectivity index (χ2v) is 9.83. The lowest BCUT2D eigenvalue weighted by Gasteiger charge is -2.17. The van der Waals surface area contributed by atoms with Crippen molar-refractivity contribution >= 4 is 9.84 Å². The molecule has 0 spiro atoms. The van der Waals surface area contributed by atoms with Crippen molar-refractivity contribution < 1.29 is 30.4 Å². The van der Waals surface area contributed by atoms with Gasteiger partial charge < -0.3 is 4.42 Å². The van der Waals surface area contributed by atoms with Gasteiger partial charge in [0.15, 0.2) is 27.2 Å². The number of sulfone groups is 1. The Morgan fingerprint density at radius 3 is 2.41 bits per heavy atom. The predicted octanol–water partition coefficient (Wildman–Crippen LogP) is 4.02. The van der Waals surface area contributed by atoms with Crippen LogP contribution in [0.3, 0.4) is 0 Å². The topological polar surface area (TPSA) is 104 Å². The van der Waals surface area contributed by atoms with Crippen LogP contribution in [-0.2, 0) is 28.2 Å². The van der Waals surface area contributed by atoms with Crippen molar-refractivity contribution in [3.63, 3.8) is 0 Å². The summed E-state index contributed by atoms with van der Waals surface area (Å²) in [4.78, 5) is 7.52. The summed E-state index contributed by atoms with van der Waals surface area (Å²) in [6, 6.07) is 7.70. The molecule has 34 heavy (non-hydrogen) atoms. The summed E-state index contributed by atoms with van der Waals surface area (Å²) in [5.74, 6) is -1.47. The maximum absolute atomic E-state index is 13.7. The molecule has 4 aromatic rings. The smallest absolute Gasteiger partial charge is 0.418 e. The third kappa shape index (κ3) is 4.83. The summed E-state index contributed by atoms with van der Waals surface area (Å²) in [6.45, 7) is 1.40. The molecule has 0 aliphatic rings. The van der Waals surface area contributed by atoms with Gasteiger partial charge in [-0.05, 0) is 31.2 Å². The van der Waals surface area contributed by atoms with Gasteiger partial charge in [-0.2, -0.15) is 13.2 Å². The Bertz CT molecular complexity index is 1380. The highest BCUT2D eigenvalue weighted by Crippen LogP contribution is 2.36. The molecule has 0 saturated carbocycles. The molecule has 0 unspecified atom stereocenters. The molecule has 0 saturated heterocycles. The SMILES string of the molecule is C[C@@H](Cc1ncc(F)cn1)S(=O)(=O)Cc1nnc(-c2ccco2)n1-c1ccccc1C(F)(F)F. The molecule has 4 rings (SSSR count). The molecule has 0 N–H and O–H groups in total. The van der Waals surface area contributed by atoms with Crippen molar-refractivity contribution in [2.45, 2.75) is 30.5 Å². The molecule has 0 radical (unpaired) electrons. The van der Waals surface area contributed by atoms with E-state index < -0.39 is 38.4 Å². The Morgan fingerprint density at radius 1 is 1.06 bits per heavy atom. The average molecular weight is 495 g/mol. The van der Waals surface area contributed by atoms with Gasteiger partial charge in [-0.15, -0.1) is 10.2 Å². The first-order chi connectivity index (χ1) is 16.1. The maximum atomic E-state index is 13.7. The van der Waals surface area contributed by atoms with E-state index in [0.717, 1.165) is 23.0 Å². The maximum Gasteiger partial charge on any atom is 0.418 e. The van der Waals surface area contributed by atoms with E-state index in [9.17, 15) is 26.0 Å². The Kier molecular flexibility index (Phi) is 6.21. The van der Waals surface area contributed by atoms with Gasteiger partial charge in [0.1, 0.15) is 11.6 Å². The van der Waals surface area contributed by atoms with Crippen molar-refractivity contribution in [1.82, 2.24) is 24.7 Å². The predicted molar refractivity (Wildman–Crippen MR) is 112 cm³/mol. The van der Waals surface area contributed by atoms with Crippen molar-refractivity contribution in [3.8, 4) is 17.3 Å². The third-order valence-corrected chi connectivity index (χ3v) is 7.06. The number of aromatic nitrogens is 5. The lowest BCUT2D eigenvalue weighted by molar-refractivity contribution is -0.137. The van der Waals surface area contributed by atoms with Crippen LogP contribution >= 0.6 is 0 Å². The standard InChI is InChI=1S/C21H17F4N5O3S/c1-13(9-18-26-10-14(22)11-27-18)34(31,32)12-19-28-29-20(17-7-4-8-33-17)30(19)16-6-3-2-5-15(16)21(23,24)25/h2-8,10-11,13H,9,12H2,1H3/t13-/m0/s1. The molecule has 13 heteroatoms. The van der Waals surface area contributed by atoms with Gasteiger partial charge in [0.05, 0.1) is 35.2 Å². The number of alkyl halides is 3. The van der Waals surface area contributed by atoms with Crippen LogP contribution in [0.5, 0.6) is 0 Å². The minimum atomic E-state index is -4.72. The molecule has 0 amide bonds. The van der Waals surface area contributed by atoms with Gasteiger partial charge >= 0.3 is 6.18 Å². The number of hydrogen-bond acceptors (Lipinski definition) is 7. The summed E-state index contributed by atoms with van der Waals surface area (Å²) in [5, 5.41) is 6.77. The van der Waals surface area contributed by atoms with Crippen LogP contribution in [0.2, 0.25) is 0 Å². The number of furan rings is 1. The zero-order valence-corrected chi connectivity index (χ0v) is 18.4. The number of hydrogen-bond donors (Lipinski definition) is 0. The number of rotatable bonds is 7. The van der Waals surface area contributed by atoms with Crippen molar-refractivity contribution in [3.05, 3.63) is 78.1 Å². The molecule has 8 nitrogen and oxygen atoms in total. The van der Waals surface area contributed by atoms with E-state index in [1.165, 1.54) is 43.5 Å². The molecule has 0 bridgehead atoms. The minimum Gasteiger partial charge on any atom is -0.461 e. The average Bonchev–Trinajstić information content (AvgIpc) is 3.44. The highest BCUT2D eigenvalue weighted by molar-refractivity contribution is 7.91. The summed E-state index contributed by atoms with van der Waals surface area (Å²) in [7, 11) is -3.96. The highest BCUT2D eigenvalue weighted by Gasteiger charge is 2.36. The number of nitrogens with zero attached hydrogens (tertiary/aromatic N) is 5. The Morgan fingerprint density at radius 2 is 1.76 bits per heavy atom. The van der Waals surface area contributed by atoms with Gasteiger partial charge in [0.25, 0.3) is 0 Å². The first-order valence-electron chi connectivity index (χ1n) is 9.89. The van der Waals surface area contributed by atoms with E-state index in [-0.39, 0.29) is 35.3 Å². The molecule has 0 aliphatic heterocycles. The lowest BCUT2D eigenvalue weighted by Crippen LogP contribution is -2.25. The quantitative estimate of drug-likeness (QED) is 0.357. The molecular weight excluding hydrogens is 478 g/mol. The minimum absolute atomic E-state index is 0.0820. The first-order valence-corrected chi connectivity index (χ1v) is 11.6. The van der Waals surface area contributed by atoms with Crippen LogP contribution in [-0.4, -0.2) is 38.4 Å². The summed E-state index contributed by atoms with van der Waals surface area (Å²) in [5.41, 5.74) is -1.33. The lowest BCUT2D eigenvalue weighted by atomic mass is 10.1. The summed E-state index contributed by atoms with van der Waals surface area (Å²) in [6.07, 6.45) is -1.69. The van der Waals surface area contributed by atoms with Gasteiger partial charge in [0, 0.05) is 6.42 Å². The fraction of sp³-hybridized carbons (Fsp3) is 0.238. The van der Waals surface area contributed by atoms with Crippen molar-refractivity contribution in [1.29, 1.82) is 0 Å². The largest absolute Gasteiger partial charge is 0.461 e. The molecule has 3 heterocycles. The second-order valence-electron chi connectivity index (χ2n) is 7.41. The van der Waals surface area contributed by atoms with Crippen LogP contribution in [0.1, 0.15) is 24.1 Å². The van der Waals surface area contributed by atoms with E-state index in [1.54, 1.807) is 0 Å². The third-order valence-electron chi connectivity index (χ3n) is 5.01. The molecule has 3 aromatic heterocycles. The van der Waals surface area contributed by atoms with Crippen LogP contribution < -0.4 is 0 Å². The molecular formula is C21H17F4N5O3S. The van der Waals surface area contributed by atoms with Crippen molar-refractivity contribution in [2.24, 2.45) is 0 Å². The van der Waals surface area contributed by atoms with Crippen LogP contribution in [0.25, 0.3) is 17.3 Å². The van der Waals surface area contributed by atoms with Crippen LogP contribution in [0.4, 0.5) is 17.6 Å². The Balaban J connectivity index is 1.76. The first kappa shape index (κ1) is 23.5. The van der Waals surface area contributed by atoms with E-state index in [4.69, 9.17) is 4.42 Å². The zero-order chi connectivity index (χ0) is 24.5. The van der Waals surface area contributed by atoms with E-state index in [1.807, 2.05) is 0 Å². The molecule has 0 fully saturated rings. The van der Waals surface area contributed by atoms with E-state index in [0.29, 0.717) is 0 Å². The van der Waals surface area contributed by atoms with E-state index >= 15 is 0 Å². The normalized spacial score (nSPS) is 13.2. The Hall–Kier alpha value is -3.61.